The van der Waals surface area contributed by atoms with Crippen LogP contribution in [0.5, 0.6) is 11.5 Å². The Morgan fingerprint density at radius 3 is 2.17 bits per heavy atom. The summed E-state index contributed by atoms with van der Waals surface area (Å²) in [5.74, 6) is -3.31. The quantitative estimate of drug-likeness (QED) is 0.242. The summed E-state index contributed by atoms with van der Waals surface area (Å²) in [4.78, 5) is 23.7. The summed E-state index contributed by atoms with van der Waals surface area (Å²) in [6.07, 6.45) is 0. The van der Waals surface area contributed by atoms with Crippen molar-refractivity contribution in [3.05, 3.63) is 46.5 Å². The van der Waals surface area contributed by atoms with E-state index in [1.54, 1.807) is 0 Å². The fourth-order valence-electron chi connectivity index (χ4n) is 2.58. The molecule has 4 N–H and O–H groups in total. The maximum atomic E-state index is 12.5. The summed E-state index contributed by atoms with van der Waals surface area (Å²) < 4.78 is 33.6. The molecule has 0 saturated carbocycles. The van der Waals surface area contributed by atoms with Crippen LogP contribution in [0.3, 0.4) is 0 Å². The molecule has 1 aliphatic rings. The molecule has 0 atom stereocenters. The fourth-order valence-corrected chi connectivity index (χ4v) is 3.27. The predicted octanol–water partition coefficient (Wildman–Crippen LogP) is -2.64. The summed E-state index contributed by atoms with van der Waals surface area (Å²) in [6, 6.07) is 4.58. The first-order valence-electron chi connectivity index (χ1n) is 6.17. The number of nitrogen functional groups attached to an aromatic ring is 1. The minimum absolute atomic E-state index is 0. The number of phenolic OH excluding ortho intramolecular Hbond substituents is 2. The number of nitrogens with two attached hydrogens (primary N) is 1. The van der Waals surface area contributed by atoms with Crippen LogP contribution in [0.15, 0.2) is 29.2 Å². The molecule has 0 fully saturated rings. The van der Waals surface area contributed by atoms with Gasteiger partial charge in [-0.25, -0.2) is 8.42 Å². The second-order valence-electron chi connectivity index (χ2n) is 4.88. The molecule has 0 heterocycles. The molecule has 0 aliphatic heterocycles. The SMILES string of the molecule is Nc1cc2c(c(O)c1S(=O)(=O)[O-])C(=O)c1cccc(O)c1C2=O.[Na+]. The zero-order valence-corrected chi connectivity index (χ0v) is 15.0. The summed E-state index contributed by atoms with van der Waals surface area (Å²) in [7, 11) is -5.16. The molecule has 0 unspecified atom stereocenters. The van der Waals surface area contributed by atoms with Crippen LogP contribution in [0.2, 0.25) is 0 Å². The van der Waals surface area contributed by atoms with Crippen LogP contribution in [0.1, 0.15) is 31.8 Å². The zero-order valence-electron chi connectivity index (χ0n) is 12.2. The van der Waals surface area contributed by atoms with Gasteiger partial charge >= 0.3 is 29.6 Å². The number of hydrogen-bond donors (Lipinski definition) is 3. The number of aromatic hydroxyl groups is 2. The summed E-state index contributed by atoms with van der Waals surface area (Å²) >= 11 is 0. The Kier molecular flexibility index (Phi) is 4.51. The van der Waals surface area contributed by atoms with E-state index in [0.29, 0.717) is 0 Å². The molecular weight excluding hydrogens is 349 g/mol. The number of benzene rings is 2. The van der Waals surface area contributed by atoms with E-state index in [4.69, 9.17) is 5.73 Å². The topological polar surface area (TPSA) is 158 Å². The number of ketones is 2. The second-order valence-corrected chi connectivity index (χ2v) is 6.19. The Bertz CT molecular complexity index is 1010. The number of carbonyl (C=O) groups is 2. The van der Waals surface area contributed by atoms with Gasteiger partial charge in [0, 0.05) is 11.1 Å². The predicted molar refractivity (Wildman–Crippen MR) is 75.5 cm³/mol. The van der Waals surface area contributed by atoms with Gasteiger partial charge in [-0.1, -0.05) is 12.1 Å². The molecule has 2 aromatic carbocycles. The molecule has 3 rings (SSSR count). The van der Waals surface area contributed by atoms with Crippen LogP contribution in [0.25, 0.3) is 0 Å². The van der Waals surface area contributed by atoms with Gasteiger partial charge in [-0.05, 0) is 12.1 Å². The van der Waals surface area contributed by atoms with Crippen molar-refractivity contribution in [2.75, 3.05) is 5.73 Å². The molecular formula is C14H8NNaO7S. The van der Waals surface area contributed by atoms with Gasteiger partial charge in [0.2, 0.25) is 0 Å². The molecule has 0 saturated heterocycles. The summed E-state index contributed by atoms with van der Waals surface area (Å²) in [5, 5.41) is 19.8. The molecule has 118 valence electrons. The van der Waals surface area contributed by atoms with Crippen LogP contribution in [0.4, 0.5) is 5.69 Å². The van der Waals surface area contributed by atoms with E-state index in [1.807, 2.05) is 0 Å². The van der Waals surface area contributed by atoms with Crippen molar-refractivity contribution in [3.8, 4) is 11.5 Å². The van der Waals surface area contributed by atoms with E-state index in [2.05, 4.69) is 0 Å². The smallest absolute Gasteiger partial charge is 0.744 e. The first-order valence-corrected chi connectivity index (χ1v) is 7.58. The average molecular weight is 357 g/mol. The minimum Gasteiger partial charge on any atom is -0.744 e. The van der Waals surface area contributed by atoms with E-state index in [1.165, 1.54) is 18.2 Å². The first-order chi connectivity index (χ1) is 10.6. The Hall–Kier alpha value is -1.91. The number of anilines is 1. The van der Waals surface area contributed by atoms with E-state index in [0.717, 1.165) is 6.07 Å². The van der Waals surface area contributed by atoms with Gasteiger partial charge in [0.15, 0.2) is 11.6 Å². The van der Waals surface area contributed by atoms with Crippen molar-refractivity contribution in [2.24, 2.45) is 0 Å². The zero-order chi connectivity index (χ0) is 17.1. The van der Waals surface area contributed by atoms with E-state index >= 15 is 0 Å². The molecule has 0 amide bonds. The summed E-state index contributed by atoms with van der Waals surface area (Å²) in [6.45, 7) is 0. The minimum atomic E-state index is -5.16. The molecule has 24 heavy (non-hydrogen) atoms. The monoisotopic (exact) mass is 357 g/mol. The molecule has 0 aromatic heterocycles. The molecule has 0 spiro atoms. The number of fused-ring (bicyclic) bond motifs is 2. The Labute approximate surface area is 158 Å². The van der Waals surface area contributed by atoms with Crippen LogP contribution in [-0.4, -0.2) is 34.8 Å². The van der Waals surface area contributed by atoms with Crippen LogP contribution < -0.4 is 35.3 Å². The second kappa shape index (κ2) is 5.87. The third kappa shape index (κ3) is 2.50. The summed E-state index contributed by atoms with van der Waals surface area (Å²) in [5.41, 5.74) is 3.28. The van der Waals surface area contributed by atoms with E-state index in [-0.39, 0.29) is 46.2 Å². The molecule has 1 aliphatic carbocycles. The van der Waals surface area contributed by atoms with Gasteiger partial charge in [0.1, 0.15) is 26.5 Å². The van der Waals surface area contributed by atoms with E-state index in [9.17, 15) is 32.8 Å². The third-order valence-corrected chi connectivity index (χ3v) is 4.45. The fraction of sp³-hybridized carbons (Fsp3) is 0. The van der Waals surface area contributed by atoms with Crippen molar-refractivity contribution in [1.29, 1.82) is 0 Å². The normalized spacial score (nSPS) is 13.0. The van der Waals surface area contributed by atoms with Crippen molar-refractivity contribution >= 4 is 27.4 Å². The molecule has 8 nitrogen and oxygen atoms in total. The number of phenols is 2. The van der Waals surface area contributed by atoms with Gasteiger partial charge < -0.3 is 20.5 Å². The maximum Gasteiger partial charge on any atom is 1.00 e. The maximum absolute atomic E-state index is 12.5. The Morgan fingerprint density at radius 2 is 1.58 bits per heavy atom. The third-order valence-electron chi connectivity index (χ3n) is 3.52. The molecule has 0 bridgehead atoms. The van der Waals surface area contributed by atoms with Crippen molar-refractivity contribution in [3.63, 3.8) is 0 Å². The first kappa shape index (κ1) is 18.4. The van der Waals surface area contributed by atoms with Crippen molar-refractivity contribution in [1.82, 2.24) is 0 Å². The largest absolute Gasteiger partial charge is 1.00 e. The van der Waals surface area contributed by atoms with Crippen LogP contribution >= 0.6 is 0 Å². The molecule has 10 heteroatoms. The van der Waals surface area contributed by atoms with E-state index < -0.39 is 49.3 Å². The Morgan fingerprint density at radius 1 is 1.00 bits per heavy atom. The van der Waals surface area contributed by atoms with Gasteiger partial charge in [-0.3, -0.25) is 9.59 Å². The number of hydrogen-bond acceptors (Lipinski definition) is 8. The number of carbonyl (C=O) groups excluding carboxylic acids is 2. The van der Waals surface area contributed by atoms with Gasteiger partial charge in [-0.15, -0.1) is 0 Å². The Balaban J connectivity index is 0.00000208. The van der Waals surface area contributed by atoms with Gasteiger partial charge in [0.25, 0.3) is 0 Å². The molecule has 2 aromatic rings. The standard InChI is InChI=1S/C14H9NO7S.Na/c15-7-4-6-10(13(19)14(7)23(20,21)22)11(17)5-2-1-3-8(16)9(5)12(6)18;/h1-4,16,19H,15H2,(H,20,21,22);/q;+1/p-1. The van der Waals surface area contributed by atoms with Crippen LogP contribution in [0, 0.1) is 0 Å². The van der Waals surface area contributed by atoms with Crippen molar-refractivity contribution in [2.45, 2.75) is 4.90 Å². The number of rotatable bonds is 1. The molecule has 0 radical (unpaired) electrons. The van der Waals surface area contributed by atoms with Crippen LogP contribution in [-0.2, 0) is 10.1 Å². The van der Waals surface area contributed by atoms with Gasteiger partial charge in [0.05, 0.1) is 16.8 Å². The van der Waals surface area contributed by atoms with Gasteiger partial charge in [-0.2, -0.15) is 0 Å². The average Bonchev–Trinajstić information content (AvgIpc) is 2.42. The van der Waals surface area contributed by atoms with Crippen molar-refractivity contribution < 1.29 is 62.3 Å².